The van der Waals surface area contributed by atoms with Crippen LogP contribution in [0.5, 0.6) is 0 Å². The Kier molecular flexibility index (Phi) is 6.03. The molecule has 1 nitrogen and oxygen atoms in total. The highest BCUT2D eigenvalue weighted by Gasteiger charge is 2.22. The van der Waals surface area contributed by atoms with Crippen LogP contribution in [0.25, 0.3) is 5.70 Å². The number of nitrogens with zero attached hydrogens (tertiary/aromatic N) is 1. The van der Waals surface area contributed by atoms with Crippen LogP contribution in [0.1, 0.15) is 21.9 Å². The third kappa shape index (κ3) is 4.67. The van der Waals surface area contributed by atoms with E-state index in [0.29, 0.717) is 0 Å². The van der Waals surface area contributed by atoms with E-state index in [4.69, 9.17) is 16.6 Å². The molecule has 0 fully saturated rings. The Labute approximate surface area is 173 Å². The van der Waals surface area contributed by atoms with Crippen molar-refractivity contribution < 1.29 is 0 Å². The Bertz CT molecular complexity index is 968. The minimum Gasteiger partial charge on any atom is -0.235 e. The number of thioether (sulfide) groups is 2. The summed E-state index contributed by atoms with van der Waals surface area (Å²) < 4.78 is 1.07. The number of benzene rings is 3. The molecule has 0 aliphatic carbocycles. The first kappa shape index (κ1) is 18.4. The first-order valence-corrected chi connectivity index (χ1v) is 11.0. The molecule has 0 radical (unpaired) electrons. The molecular formula is C23H18ClNS2. The van der Waals surface area contributed by atoms with Gasteiger partial charge in [0.1, 0.15) is 4.38 Å². The Balaban J connectivity index is 1.64. The standard InChI is InChI=1S/C23H18ClNS2/c24-20-14-8-7-13-19(20)22-15-21(18-11-5-2-6-12-18)25-23(27-22)26-16-17-9-3-1-4-10-17/h1-15,22H,16H2. The molecule has 1 unspecified atom stereocenters. The van der Waals surface area contributed by atoms with E-state index < -0.39 is 0 Å². The van der Waals surface area contributed by atoms with E-state index in [0.717, 1.165) is 32.0 Å². The second-order valence-corrected chi connectivity index (χ2v) is 8.89. The highest BCUT2D eigenvalue weighted by Crippen LogP contribution is 2.44. The van der Waals surface area contributed by atoms with E-state index in [-0.39, 0.29) is 5.25 Å². The molecule has 1 heterocycles. The average molecular weight is 408 g/mol. The fourth-order valence-electron chi connectivity index (χ4n) is 2.86. The van der Waals surface area contributed by atoms with Crippen molar-refractivity contribution in [2.75, 3.05) is 0 Å². The summed E-state index contributed by atoms with van der Waals surface area (Å²) in [5.74, 6) is 0.907. The number of hydrogen-bond donors (Lipinski definition) is 0. The maximum atomic E-state index is 6.48. The second kappa shape index (κ2) is 8.83. The lowest BCUT2D eigenvalue weighted by Crippen LogP contribution is -2.03. The summed E-state index contributed by atoms with van der Waals surface area (Å²) in [6.45, 7) is 0. The van der Waals surface area contributed by atoms with Gasteiger partial charge in [0.05, 0.1) is 10.9 Å². The minimum absolute atomic E-state index is 0.157. The van der Waals surface area contributed by atoms with E-state index in [9.17, 15) is 0 Å². The van der Waals surface area contributed by atoms with Crippen molar-refractivity contribution in [3.8, 4) is 0 Å². The molecule has 0 amide bonds. The van der Waals surface area contributed by atoms with E-state index in [1.807, 2.05) is 30.3 Å². The van der Waals surface area contributed by atoms with Crippen LogP contribution >= 0.6 is 35.1 Å². The Morgan fingerprint density at radius 3 is 2.26 bits per heavy atom. The normalized spacial score (nSPS) is 16.6. The van der Waals surface area contributed by atoms with Crippen molar-refractivity contribution in [1.29, 1.82) is 0 Å². The van der Waals surface area contributed by atoms with Crippen LogP contribution in [0.15, 0.2) is 96.0 Å². The SMILES string of the molecule is Clc1ccccc1C1C=C(c2ccccc2)N=C(SCc2ccccc2)S1. The van der Waals surface area contributed by atoms with Crippen LogP contribution in [0.4, 0.5) is 0 Å². The van der Waals surface area contributed by atoms with Gasteiger partial charge in [0.25, 0.3) is 0 Å². The zero-order valence-corrected chi connectivity index (χ0v) is 17.0. The van der Waals surface area contributed by atoms with Crippen LogP contribution in [0.2, 0.25) is 5.02 Å². The minimum atomic E-state index is 0.157. The predicted octanol–water partition coefficient (Wildman–Crippen LogP) is 7.46. The van der Waals surface area contributed by atoms with Crippen LogP contribution in [-0.2, 0) is 5.75 Å². The van der Waals surface area contributed by atoms with Gasteiger partial charge in [-0.1, -0.05) is 114 Å². The van der Waals surface area contributed by atoms with Gasteiger partial charge in [0.15, 0.2) is 0 Å². The van der Waals surface area contributed by atoms with Crippen molar-refractivity contribution in [3.05, 3.63) is 113 Å². The molecule has 27 heavy (non-hydrogen) atoms. The van der Waals surface area contributed by atoms with Crippen molar-refractivity contribution in [3.63, 3.8) is 0 Å². The first-order chi connectivity index (χ1) is 13.3. The van der Waals surface area contributed by atoms with Gasteiger partial charge >= 0.3 is 0 Å². The number of halogens is 1. The summed E-state index contributed by atoms with van der Waals surface area (Å²) in [7, 11) is 0. The van der Waals surface area contributed by atoms with Crippen molar-refractivity contribution in [1.82, 2.24) is 0 Å². The summed E-state index contributed by atoms with van der Waals surface area (Å²) in [6.07, 6.45) is 2.22. The summed E-state index contributed by atoms with van der Waals surface area (Å²) in [5, 5.41) is 0.956. The smallest absolute Gasteiger partial charge is 0.131 e. The number of hydrogen-bond acceptors (Lipinski definition) is 3. The molecule has 0 N–H and O–H groups in total. The monoisotopic (exact) mass is 407 g/mol. The lowest BCUT2D eigenvalue weighted by molar-refractivity contribution is 1.22. The van der Waals surface area contributed by atoms with Gasteiger partial charge in [-0.3, -0.25) is 0 Å². The summed E-state index contributed by atoms with van der Waals surface area (Å²) in [6, 6.07) is 28.9. The highest BCUT2D eigenvalue weighted by atomic mass is 35.5. The maximum absolute atomic E-state index is 6.48. The maximum Gasteiger partial charge on any atom is 0.131 e. The van der Waals surface area contributed by atoms with Crippen LogP contribution in [-0.4, -0.2) is 4.38 Å². The van der Waals surface area contributed by atoms with E-state index in [2.05, 4.69) is 60.7 Å². The van der Waals surface area contributed by atoms with Gasteiger partial charge in [-0.2, -0.15) is 0 Å². The highest BCUT2D eigenvalue weighted by molar-refractivity contribution is 8.38. The molecule has 3 aromatic carbocycles. The van der Waals surface area contributed by atoms with Crippen molar-refractivity contribution in [2.24, 2.45) is 4.99 Å². The molecule has 0 aromatic heterocycles. The molecule has 1 aliphatic heterocycles. The van der Waals surface area contributed by atoms with E-state index in [1.165, 1.54) is 5.56 Å². The first-order valence-electron chi connectivity index (χ1n) is 8.73. The van der Waals surface area contributed by atoms with Crippen LogP contribution in [0.3, 0.4) is 0 Å². The summed E-state index contributed by atoms with van der Waals surface area (Å²) in [5.41, 5.74) is 4.57. The third-order valence-corrected chi connectivity index (χ3v) is 6.97. The fraction of sp³-hybridized carbons (Fsp3) is 0.0870. The largest absolute Gasteiger partial charge is 0.235 e. The molecule has 1 atom stereocenters. The zero-order chi connectivity index (χ0) is 18.5. The van der Waals surface area contributed by atoms with Gasteiger partial charge in [0, 0.05) is 10.8 Å². The molecule has 4 heteroatoms. The second-order valence-electron chi connectivity index (χ2n) is 6.13. The molecule has 134 valence electrons. The molecule has 0 saturated heterocycles. The third-order valence-electron chi connectivity index (χ3n) is 4.24. The summed E-state index contributed by atoms with van der Waals surface area (Å²) >= 11 is 10.0. The molecule has 0 spiro atoms. The van der Waals surface area contributed by atoms with E-state index in [1.54, 1.807) is 23.5 Å². The Morgan fingerprint density at radius 1 is 0.852 bits per heavy atom. The van der Waals surface area contributed by atoms with Gasteiger partial charge in [-0.25, -0.2) is 4.99 Å². The fourth-order valence-corrected chi connectivity index (χ4v) is 5.48. The van der Waals surface area contributed by atoms with Gasteiger partial charge in [-0.05, 0) is 28.8 Å². The topological polar surface area (TPSA) is 12.4 Å². The lowest BCUT2D eigenvalue weighted by atomic mass is 10.1. The molecular weight excluding hydrogens is 390 g/mol. The number of rotatable bonds is 4. The molecule has 0 saturated carbocycles. The van der Waals surface area contributed by atoms with Gasteiger partial charge < -0.3 is 0 Å². The Hall–Kier alpha value is -1.94. The molecule has 1 aliphatic rings. The van der Waals surface area contributed by atoms with Crippen LogP contribution < -0.4 is 0 Å². The van der Waals surface area contributed by atoms with E-state index >= 15 is 0 Å². The lowest BCUT2D eigenvalue weighted by Gasteiger charge is -2.21. The van der Waals surface area contributed by atoms with Crippen molar-refractivity contribution >= 4 is 45.2 Å². The molecule has 0 bridgehead atoms. The molecule has 4 rings (SSSR count). The van der Waals surface area contributed by atoms with Crippen molar-refractivity contribution in [2.45, 2.75) is 11.0 Å². The predicted molar refractivity (Wildman–Crippen MR) is 121 cm³/mol. The molecule has 3 aromatic rings. The number of aliphatic imine (C=N–C) groups is 1. The van der Waals surface area contributed by atoms with Gasteiger partial charge in [0.2, 0.25) is 0 Å². The van der Waals surface area contributed by atoms with Gasteiger partial charge in [-0.15, -0.1) is 0 Å². The average Bonchev–Trinajstić information content (AvgIpc) is 2.74. The zero-order valence-electron chi connectivity index (χ0n) is 14.6. The Morgan fingerprint density at radius 2 is 1.52 bits per heavy atom. The quantitative estimate of drug-likeness (QED) is 0.445. The summed E-state index contributed by atoms with van der Waals surface area (Å²) in [4.78, 5) is 4.93. The van der Waals surface area contributed by atoms with Crippen LogP contribution in [0, 0.1) is 0 Å².